The summed E-state index contributed by atoms with van der Waals surface area (Å²) in [4.78, 5) is 21.3. The monoisotopic (exact) mass is 342 g/mol. The summed E-state index contributed by atoms with van der Waals surface area (Å²) in [5.74, 6) is 0.888. The number of hydrogen-bond donors (Lipinski definition) is 1. The van der Waals surface area contributed by atoms with Gasteiger partial charge in [0.05, 0.1) is 18.1 Å². The lowest BCUT2D eigenvalue weighted by molar-refractivity contribution is -0.384. The highest BCUT2D eigenvalue weighted by Crippen LogP contribution is 2.17. The fourth-order valence-electron chi connectivity index (χ4n) is 1.77. The number of nitro groups is 1. The van der Waals surface area contributed by atoms with Gasteiger partial charge in [0, 0.05) is 24.3 Å². The van der Waals surface area contributed by atoms with E-state index in [1.54, 1.807) is 12.1 Å². The fraction of sp³-hybridized carbons (Fsp3) is 0.385. The molecule has 1 aliphatic heterocycles. The molecule has 1 aliphatic rings. The summed E-state index contributed by atoms with van der Waals surface area (Å²) < 4.78 is 10.8. The maximum atomic E-state index is 11.3. The molecule has 1 atom stereocenters. The Labute approximate surface area is 136 Å². The normalized spacial score (nSPS) is 16.9. The smallest absolute Gasteiger partial charge is 0.328 e. The lowest BCUT2D eigenvalue weighted by atomic mass is 10.3. The number of thioether (sulfide) groups is 1. The van der Waals surface area contributed by atoms with E-state index in [1.807, 2.05) is 0 Å². The molecule has 0 aliphatic carbocycles. The number of nitrogens with zero attached hydrogens (tertiary/aromatic N) is 1. The van der Waals surface area contributed by atoms with E-state index in [4.69, 9.17) is 21.7 Å². The van der Waals surface area contributed by atoms with Crippen molar-refractivity contribution in [2.45, 2.75) is 12.5 Å². The standard InChI is InChI=1S/C13H14N2O5S2/c16-12-11(5-6-20-12)14-13(21)22-8-7-19-10-3-1-9(2-4-10)15(17)18/h1-4,11H,5-8H2,(H,14,21)/t11-/m0/s1. The van der Waals surface area contributed by atoms with Crippen LogP contribution in [0.15, 0.2) is 24.3 Å². The number of esters is 1. The quantitative estimate of drug-likeness (QED) is 0.276. The Kier molecular flexibility index (Phi) is 5.96. The summed E-state index contributed by atoms with van der Waals surface area (Å²) in [6.07, 6.45) is 0.624. The van der Waals surface area contributed by atoms with Crippen molar-refractivity contribution in [2.75, 3.05) is 19.0 Å². The summed E-state index contributed by atoms with van der Waals surface area (Å²) in [5.41, 5.74) is 0.0237. The summed E-state index contributed by atoms with van der Waals surface area (Å²) in [5, 5.41) is 13.5. The lowest BCUT2D eigenvalue weighted by Crippen LogP contribution is -2.35. The number of cyclic esters (lactones) is 1. The summed E-state index contributed by atoms with van der Waals surface area (Å²) in [6, 6.07) is 5.53. The number of thiocarbonyl (C=S) groups is 1. The van der Waals surface area contributed by atoms with Crippen molar-refractivity contribution in [2.24, 2.45) is 0 Å². The molecule has 0 unspecified atom stereocenters. The molecule has 1 aromatic carbocycles. The first-order valence-electron chi connectivity index (χ1n) is 6.53. The Bertz CT molecular complexity index is 564. The average Bonchev–Trinajstić information content (AvgIpc) is 2.89. The van der Waals surface area contributed by atoms with E-state index in [0.29, 0.717) is 35.5 Å². The van der Waals surface area contributed by atoms with E-state index in [-0.39, 0.29) is 17.7 Å². The van der Waals surface area contributed by atoms with E-state index in [0.717, 1.165) is 0 Å². The molecule has 1 saturated heterocycles. The van der Waals surface area contributed by atoms with Gasteiger partial charge in [0.25, 0.3) is 5.69 Å². The second kappa shape index (κ2) is 7.95. The molecule has 118 valence electrons. The van der Waals surface area contributed by atoms with E-state index in [1.165, 1.54) is 23.9 Å². The molecule has 1 heterocycles. The third kappa shape index (κ3) is 4.85. The molecule has 0 spiro atoms. The Hall–Kier alpha value is -1.87. The summed E-state index contributed by atoms with van der Waals surface area (Å²) in [7, 11) is 0. The molecule has 0 radical (unpaired) electrons. The molecule has 7 nitrogen and oxygen atoms in total. The van der Waals surface area contributed by atoms with Gasteiger partial charge in [-0.1, -0.05) is 24.0 Å². The number of carbonyl (C=O) groups is 1. The molecule has 1 aromatic rings. The van der Waals surface area contributed by atoms with Gasteiger partial charge in [0.1, 0.15) is 16.1 Å². The van der Waals surface area contributed by atoms with Gasteiger partial charge in [-0.25, -0.2) is 4.79 Å². The number of hydrogen-bond acceptors (Lipinski definition) is 7. The molecule has 0 amide bonds. The Balaban J connectivity index is 1.65. The van der Waals surface area contributed by atoms with Crippen LogP contribution in [0.25, 0.3) is 0 Å². The predicted octanol–water partition coefficient (Wildman–Crippen LogP) is 1.90. The first-order chi connectivity index (χ1) is 10.6. The van der Waals surface area contributed by atoms with Gasteiger partial charge in [0.2, 0.25) is 0 Å². The van der Waals surface area contributed by atoms with Crippen LogP contribution in [-0.2, 0) is 9.53 Å². The Morgan fingerprint density at radius 1 is 1.50 bits per heavy atom. The van der Waals surface area contributed by atoms with Gasteiger partial charge in [-0.3, -0.25) is 10.1 Å². The number of ether oxygens (including phenoxy) is 2. The van der Waals surface area contributed by atoms with Gasteiger partial charge in [-0.15, -0.1) is 0 Å². The molecule has 0 saturated carbocycles. The minimum atomic E-state index is -0.461. The second-order valence-corrected chi connectivity index (χ2v) is 6.16. The van der Waals surface area contributed by atoms with Crippen molar-refractivity contribution in [3.05, 3.63) is 34.4 Å². The SMILES string of the molecule is O=C1OCC[C@@H]1NC(=S)SCCOc1ccc([N+](=O)[O-])cc1. The van der Waals surface area contributed by atoms with Crippen LogP contribution >= 0.6 is 24.0 Å². The number of benzene rings is 1. The van der Waals surface area contributed by atoms with Crippen LogP contribution in [0.5, 0.6) is 5.75 Å². The van der Waals surface area contributed by atoms with Crippen LogP contribution in [0.3, 0.4) is 0 Å². The highest BCUT2D eigenvalue weighted by Gasteiger charge is 2.26. The topological polar surface area (TPSA) is 90.7 Å². The number of nitro benzene ring substituents is 1. The number of rotatable bonds is 6. The summed E-state index contributed by atoms with van der Waals surface area (Å²) in [6.45, 7) is 0.826. The fourth-order valence-corrected chi connectivity index (χ4v) is 2.74. The van der Waals surface area contributed by atoms with Crippen LogP contribution in [0.4, 0.5) is 5.69 Å². The van der Waals surface area contributed by atoms with Crippen LogP contribution in [0, 0.1) is 10.1 Å². The molecular weight excluding hydrogens is 328 g/mol. The number of nitrogens with one attached hydrogen (secondary N) is 1. The van der Waals surface area contributed by atoms with Gasteiger partial charge in [-0.05, 0) is 12.1 Å². The molecule has 0 bridgehead atoms. The van der Waals surface area contributed by atoms with Gasteiger partial charge in [0.15, 0.2) is 0 Å². The van der Waals surface area contributed by atoms with Crippen LogP contribution in [-0.4, -0.2) is 40.2 Å². The Morgan fingerprint density at radius 2 is 2.23 bits per heavy atom. The number of non-ortho nitro benzene ring substituents is 1. The zero-order valence-electron chi connectivity index (χ0n) is 11.5. The predicted molar refractivity (Wildman–Crippen MR) is 86.1 cm³/mol. The maximum Gasteiger partial charge on any atom is 0.328 e. The minimum Gasteiger partial charge on any atom is -0.493 e. The van der Waals surface area contributed by atoms with Crippen molar-refractivity contribution in [1.29, 1.82) is 0 Å². The van der Waals surface area contributed by atoms with Crippen molar-refractivity contribution in [3.8, 4) is 5.75 Å². The van der Waals surface area contributed by atoms with Crippen molar-refractivity contribution >= 4 is 40.0 Å². The largest absolute Gasteiger partial charge is 0.493 e. The zero-order valence-corrected chi connectivity index (χ0v) is 13.2. The first-order valence-corrected chi connectivity index (χ1v) is 7.93. The van der Waals surface area contributed by atoms with E-state index in [2.05, 4.69) is 5.32 Å². The molecule has 2 rings (SSSR count). The summed E-state index contributed by atoms with van der Waals surface area (Å²) >= 11 is 6.50. The molecule has 1 fully saturated rings. The van der Waals surface area contributed by atoms with Gasteiger partial charge in [-0.2, -0.15) is 0 Å². The minimum absolute atomic E-state index is 0.0237. The highest BCUT2D eigenvalue weighted by molar-refractivity contribution is 8.22. The Morgan fingerprint density at radius 3 is 2.82 bits per heavy atom. The molecule has 9 heteroatoms. The molecule has 1 N–H and O–H groups in total. The lowest BCUT2D eigenvalue weighted by Gasteiger charge is -2.11. The first kappa shape index (κ1) is 16.5. The van der Waals surface area contributed by atoms with E-state index >= 15 is 0 Å². The zero-order chi connectivity index (χ0) is 15.9. The molecule has 22 heavy (non-hydrogen) atoms. The number of carbonyl (C=O) groups excluding carboxylic acids is 1. The van der Waals surface area contributed by atoms with Crippen molar-refractivity contribution in [1.82, 2.24) is 5.32 Å². The van der Waals surface area contributed by atoms with Crippen molar-refractivity contribution < 1.29 is 19.2 Å². The van der Waals surface area contributed by atoms with E-state index < -0.39 is 4.92 Å². The molecular formula is C13H14N2O5S2. The maximum absolute atomic E-state index is 11.3. The van der Waals surface area contributed by atoms with Gasteiger partial charge >= 0.3 is 5.97 Å². The highest BCUT2D eigenvalue weighted by atomic mass is 32.2. The van der Waals surface area contributed by atoms with Crippen LogP contribution in [0.2, 0.25) is 0 Å². The van der Waals surface area contributed by atoms with Crippen molar-refractivity contribution in [3.63, 3.8) is 0 Å². The third-order valence-electron chi connectivity index (χ3n) is 2.86. The van der Waals surface area contributed by atoms with E-state index in [9.17, 15) is 14.9 Å². The van der Waals surface area contributed by atoms with Crippen LogP contribution in [0.1, 0.15) is 6.42 Å². The third-order valence-corrected chi connectivity index (χ3v) is 4.08. The molecule has 0 aromatic heterocycles. The van der Waals surface area contributed by atoms with Gasteiger partial charge < -0.3 is 14.8 Å². The average molecular weight is 342 g/mol. The van der Waals surface area contributed by atoms with Crippen LogP contribution < -0.4 is 10.1 Å². The second-order valence-electron chi connectivity index (χ2n) is 4.39.